The van der Waals surface area contributed by atoms with Gasteiger partial charge in [-0.3, -0.25) is 9.59 Å². The van der Waals surface area contributed by atoms with E-state index in [1.54, 1.807) is 24.3 Å². The Bertz CT molecular complexity index is 824. The topological polar surface area (TPSA) is 102 Å². The largest absolute Gasteiger partial charge is 0.507 e. The van der Waals surface area contributed by atoms with Crippen LogP contribution in [-0.2, 0) is 4.79 Å². The number of aromatic hydroxyl groups is 2. The normalized spacial score (nSPS) is 16.3. The Morgan fingerprint density at radius 2 is 1.67 bits per heavy atom. The first-order valence-corrected chi connectivity index (χ1v) is 7.00. The summed E-state index contributed by atoms with van der Waals surface area (Å²) in [6, 6.07) is 7.37. The van der Waals surface area contributed by atoms with E-state index in [1.165, 1.54) is 14.2 Å². The molecule has 1 aliphatic rings. The highest BCUT2D eigenvalue weighted by molar-refractivity contribution is 6.47. The molecule has 1 atom stereocenters. The zero-order chi connectivity index (χ0) is 17.4. The predicted molar refractivity (Wildman–Crippen MR) is 82.0 cm³/mol. The predicted octanol–water partition coefficient (Wildman–Crippen LogP) is 2.00. The van der Waals surface area contributed by atoms with Crippen molar-refractivity contribution < 1.29 is 34.0 Å². The highest BCUT2D eigenvalue weighted by Crippen LogP contribution is 2.48. The van der Waals surface area contributed by atoms with E-state index in [2.05, 4.69) is 0 Å². The lowest BCUT2D eigenvalue weighted by Crippen LogP contribution is -2.32. The minimum absolute atomic E-state index is 0.123. The van der Waals surface area contributed by atoms with E-state index in [4.69, 9.17) is 14.2 Å². The van der Waals surface area contributed by atoms with Gasteiger partial charge < -0.3 is 24.4 Å². The average Bonchev–Trinajstić information content (AvgIpc) is 2.58. The molecule has 3 rings (SSSR count). The lowest BCUT2D eigenvalue weighted by molar-refractivity contribution is -0.122. The Balaban J connectivity index is 2.12. The second kappa shape index (κ2) is 5.77. The van der Waals surface area contributed by atoms with Crippen LogP contribution in [0.25, 0.3) is 0 Å². The Labute approximate surface area is 137 Å². The first-order chi connectivity index (χ1) is 11.5. The van der Waals surface area contributed by atoms with Crippen LogP contribution in [0.1, 0.15) is 22.0 Å². The highest BCUT2D eigenvalue weighted by atomic mass is 16.5. The van der Waals surface area contributed by atoms with Gasteiger partial charge in [0.15, 0.2) is 17.6 Å². The Morgan fingerprint density at radius 3 is 2.25 bits per heavy atom. The van der Waals surface area contributed by atoms with Crippen LogP contribution in [0.5, 0.6) is 28.7 Å². The van der Waals surface area contributed by atoms with E-state index < -0.39 is 29.2 Å². The van der Waals surface area contributed by atoms with Crippen LogP contribution < -0.4 is 14.2 Å². The Morgan fingerprint density at radius 1 is 1.00 bits per heavy atom. The van der Waals surface area contributed by atoms with Crippen molar-refractivity contribution in [2.24, 2.45) is 0 Å². The van der Waals surface area contributed by atoms with Crippen molar-refractivity contribution in [2.45, 2.75) is 6.10 Å². The van der Waals surface area contributed by atoms with Gasteiger partial charge in [-0.25, -0.2) is 0 Å². The maximum atomic E-state index is 12.4. The number of rotatable bonds is 3. The summed E-state index contributed by atoms with van der Waals surface area (Å²) in [7, 11) is 2.78. The summed E-state index contributed by atoms with van der Waals surface area (Å²) in [6.07, 6.45) is -1.20. The van der Waals surface area contributed by atoms with E-state index in [9.17, 15) is 19.8 Å². The number of methoxy groups -OCH3 is 2. The molecular weight excluding hydrogens is 316 g/mol. The molecule has 0 radical (unpaired) electrons. The molecule has 0 bridgehead atoms. The fourth-order valence-electron chi connectivity index (χ4n) is 2.55. The lowest BCUT2D eigenvalue weighted by atomic mass is 9.94. The van der Waals surface area contributed by atoms with Crippen LogP contribution in [0, 0.1) is 0 Å². The van der Waals surface area contributed by atoms with Crippen molar-refractivity contribution in [1.29, 1.82) is 0 Å². The van der Waals surface area contributed by atoms with E-state index in [0.29, 0.717) is 11.3 Å². The number of benzene rings is 2. The monoisotopic (exact) mass is 330 g/mol. The Kier molecular flexibility index (Phi) is 3.76. The van der Waals surface area contributed by atoms with E-state index >= 15 is 0 Å². The molecule has 2 aromatic carbocycles. The number of fused-ring (bicyclic) bond motifs is 1. The summed E-state index contributed by atoms with van der Waals surface area (Å²) in [6.45, 7) is 0. The maximum Gasteiger partial charge on any atom is 0.248 e. The average molecular weight is 330 g/mol. The van der Waals surface area contributed by atoms with Gasteiger partial charge in [-0.15, -0.1) is 0 Å². The van der Waals surface area contributed by atoms with Crippen molar-refractivity contribution in [3.05, 3.63) is 41.5 Å². The number of phenols is 2. The van der Waals surface area contributed by atoms with Gasteiger partial charge in [-0.2, -0.15) is 0 Å². The molecule has 1 heterocycles. The highest BCUT2D eigenvalue weighted by Gasteiger charge is 2.41. The summed E-state index contributed by atoms with van der Waals surface area (Å²) in [5.41, 5.74) is 0.115. The summed E-state index contributed by atoms with van der Waals surface area (Å²) in [5.74, 6) is -2.38. The van der Waals surface area contributed by atoms with Crippen molar-refractivity contribution in [1.82, 2.24) is 0 Å². The smallest absolute Gasteiger partial charge is 0.248 e. The maximum absolute atomic E-state index is 12.4. The lowest BCUT2D eigenvalue weighted by Gasteiger charge is -2.26. The van der Waals surface area contributed by atoms with Crippen molar-refractivity contribution in [3.63, 3.8) is 0 Å². The third kappa shape index (κ3) is 2.30. The molecule has 0 spiro atoms. The molecule has 24 heavy (non-hydrogen) atoms. The minimum atomic E-state index is -1.20. The molecule has 124 valence electrons. The number of ether oxygens (including phenoxy) is 3. The van der Waals surface area contributed by atoms with Crippen LogP contribution in [-0.4, -0.2) is 36.0 Å². The van der Waals surface area contributed by atoms with Crippen LogP contribution >= 0.6 is 0 Å². The molecule has 2 aromatic rings. The molecule has 2 N–H and O–H groups in total. The molecule has 1 unspecified atom stereocenters. The molecule has 0 aliphatic carbocycles. The van der Waals surface area contributed by atoms with Crippen LogP contribution in [0.2, 0.25) is 0 Å². The molecule has 0 amide bonds. The third-order valence-corrected chi connectivity index (χ3v) is 3.74. The molecule has 7 heteroatoms. The summed E-state index contributed by atoms with van der Waals surface area (Å²) in [4.78, 5) is 24.7. The number of phenolic OH excluding ortho intramolecular Hbond substituents is 2. The van der Waals surface area contributed by atoms with Crippen molar-refractivity contribution in [2.75, 3.05) is 14.2 Å². The quantitative estimate of drug-likeness (QED) is 0.830. The second-order valence-electron chi connectivity index (χ2n) is 5.12. The van der Waals surface area contributed by atoms with Gasteiger partial charge in [0.25, 0.3) is 0 Å². The van der Waals surface area contributed by atoms with Crippen molar-refractivity contribution >= 4 is 11.6 Å². The van der Waals surface area contributed by atoms with Crippen LogP contribution in [0.4, 0.5) is 0 Å². The summed E-state index contributed by atoms with van der Waals surface area (Å²) < 4.78 is 15.7. The van der Waals surface area contributed by atoms with Crippen molar-refractivity contribution in [3.8, 4) is 28.7 Å². The third-order valence-electron chi connectivity index (χ3n) is 3.74. The van der Waals surface area contributed by atoms with Crippen LogP contribution in [0.15, 0.2) is 30.3 Å². The number of ketones is 2. The number of hydrogen-bond donors (Lipinski definition) is 2. The van der Waals surface area contributed by atoms with Gasteiger partial charge in [0, 0.05) is 11.6 Å². The molecular formula is C17H14O7. The minimum Gasteiger partial charge on any atom is -0.507 e. The van der Waals surface area contributed by atoms with E-state index in [-0.39, 0.29) is 17.1 Å². The first-order valence-electron chi connectivity index (χ1n) is 7.00. The standard InChI is InChI=1S/C17H14O7/c1-22-9-5-3-8(4-6-9)15-14(21)13(20)12-10(18)7-11(19)16(23-2)17(12)24-15/h3-7,15,18-19H,1-2H3. The molecule has 0 aromatic heterocycles. The first kappa shape index (κ1) is 15.7. The molecule has 0 saturated carbocycles. The van der Waals surface area contributed by atoms with Gasteiger partial charge in [0.1, 0.15) is 17.1 Å². The summed E-state index contributed by atoms with van der Waals surface area (Å²) in [5, 5.41) is 19.7. The SMILES string of the molecule is COc1ccc(C2Oc3c(OC)c(O)cc(O)c3C(=O)C2=O)cc1. The van der Waals surface area contributed by atoms with Gasteiger partial charge in [0.05, 0.1) is 14.2 Å². The number of carbonyl (C=O) groups excluding carboxylic acids is 2. The van der Waals surface area contributed by atoms with Crippen LogP contribution in [0.3, 0.4) is 0 Å². The van der Waals surface area contributed by atoms with Gasteiger partial charge >= 0.3 is 0 Å². The fourth-order valence-corrected chi connectivity index (χ4v) is 2.55. The van der Waals surface area contributed by atoms with Gasteiger partial charge in [0.2, 0.25) is 17.3 Å². The number of hydrogen-bond acceptors (Lipinski definition) is 7. The van der Waals surface area contributed by atoms with E-state index in [1.807, 2.05) is 0 Å². The van der Waals surface area contributed by atoms with Gasteiger partial charge in [-0.05, 0) is 12.1 Å². The zero-order valence-electron chi connectivity index (χ0n) is 12.9. The number of Topliss-reactive ketones (excluding diaryl/α,β-unsaturated/α-hetero) is 2. The summed E-state index contributed by atoms with van der Waals surface area (Å²) >= 11 is 0. The molecule has 0 saturated heterocycles. The molecule has 0 fully saturated rings. The zero-order valence-corrected chi connectivity index (χ0v) is 12.9. The number of carbonyl (C=O) groups is 2. The molecule has 7 nitrogen and oxygen atoms in total. The van der Waals surface area contributed by atoms with Gasteiger partial charge in [-0.1, -0.05) is 12.1 Å². The Hall–Kier alpha value is -3.22. The van der Waals surface area contributed by atoms with E-state index in [0.717, 1.165) is 6.07 Å². The fraction of sp³-hybridized carbons (Fsp3) is 0.176. The molecule has 1 aliphatic heterocycles. The second-order valence-corrected chi connectivity index (χ2v) is 5.12.